The summed E-state index contributed by atoms with van der Waals surface area (Å²) in [5.74, 6) is 2.87. The van der Waals surface area contributed by atoms with Crippen LogP contribution in [-0.2, 0) is 0 Å². The second-order valence-electron chi connectivity index (χ2n) is 7.75. The maximum atomic E-state index is 12.4. The van der Waals surface area contributed by atoms with E-state index in [1.807, 2.05) is 19.9 Å². The Morgan fingerprint density at radius 1 is 1.05 bits per heavy atom. The largest absolute Gasteiger partial charge is 0.332 e. The van der Waals surface area contributed by atoms with Crippen molar-refractivity contribution in [3.05, 3.63) is 17.5 Å². The molecule has 1 aromatic heterocycles. The average Bonchev–Trinajstić information content (AvgIpc) is 2.33. The normalized spacial score (nSPS) is 35.5. The summed E-state index contributed by atoms with van der Waals surface area (Å²) in [5, 5.41) is 6.11. The number of anilines is 1. The van der Waals surface area contributed by atoms with E-state index in [2.05, 4.69) is 20.6 Å². The van der Waals surface area contributed by atoms with Crippen molar-refractivity contribution in [3.63, 3.8) is 0 Å². The number of nitrogens with one attached hydrogen (secondary N) is 2. The Morgan fingerprint density at radius 2 is 1.55 bits per heavy atom. The molecule has 4 saturated carbocycles. The topological polar surface area (TPSA) is 66.9 Å². The van der Waals surface area contributed by atoms with E-state index in [1.165, 1.54) is 19.3 Å². The molecule has 0 radical (unpaired) electrons. The minimum atomic E-state index is -0.146. The van der Waals surface area contributed by atoms with Gasteiger partial charge in [-0.25, -0.2) is 14.8 Å². The molecule has 5 heteroatoms. The number of urea groups is 1. The van der Waals surface area contributed by atoms with Crippen LogP contribution in [0.25, 0.3) is 0 Å². The molecule has 2 N–H and O–H groups in total. The zero-order valence-corrected chi connectivity index (χ0v) is 13.4. The van der Waals surface area contributed by atoms with Gasteiger partial charge in [0.05, 0.1) is 0 Å². The number of carbonyl (C=O) groups excluding carboxylic acids is 1. The molecule has 4 aliphatic carbocycles. The molecule has 1 aromatic rings. The quantitative estimate of drug-likeness (QED) is 0.881. The van der Waals surface area contributed by atoms with Crippen LogP contribution in [0.5, 0.6) is 0 Å². The van der Waals surface area contributed by atoms with E-state index in [9.17, 15) is 4.79 Å². The fourth-order valence-corrected chi connectivity index (χ4v) is 5.42. The lowest BCUT2D eigenvalue weighted by Crippen LogP contribution is -2.60. The maximum Gasteiger partial charge on any atom is 0.322 e. The van der Waals surface area contributed by atoms with Gasteiger partial charge < -0.3 is 5.32 Å². The fraction of sp³-hybridized carbons (Fsp3) is 0.706. The van der Waals surface area contributed by atoms with Crippen LogP contribution in [0, 0.1) is 31.6 Å². The minimum absolute atomic E-state index is 0.0255. The molecule has 0 unspecified atom stereocenters. The molecule has 0 aliphatic heterocycles. The third-order valence-electron chi connectivity index (χ3n) is 5.62. The van der Waals surface area contributed by atoms with Gasteiger partial charge in [-0.05, 0) is 76.2 Å². The number of hydrogen-bond donors (Lipinski definition) is 2. The van der Waals surface area contributed by atoms with Crippen molar-refractivity contribution in [2.45, 2.75) is 57.9 Å². The molecule has 0 atom stereocenters. The average molecular weight is 300 g/mol. The summed E-state index contributed by atoms with van der Waals surface area (Å²) in [6, 6.07) is 1.76. The van der Waals surface area contributed by atoms with Crippen molar-refractivity contribution < 1.29 is 4.79 Å². The van der Waals surface area contributed by atoms with Gasteiger partial charge in [0.2, 0.25) is 5.95 Å². The maximum absolute atomic E-state index is 12.4. The van der Waals surface area contributed by atoms with E-state index in [-0.39, 0.29) is 11.6 Å². The third-order valence-corrected chi connectivity index (χ3v) is 5.62. The molecule has 0 spiro atoms. The van der Waals surface area contributed by atoms with E-state index in [0.29, 0.717) is 5.95 Å². The highest BCUT2D eigenvalue weighted by Crippen LogP contribution is 2.55. The van der Waals surface area contributed by atoms with Crippen molar-refractivity contribution in [2.75, 3.05) is 5.32 Å². The number of carbonyl (C=O) groups is 1. The first-order valence-corrected chi connectivity index (χ1v) is 8.41. The highest BCUT2D eigenvalue weighted by molar-refractivity contribution is 5.88. The van der Waals surface area contributed by atoms with Crippen LogP contribution in [-0.4, -0.2) is 21.5 Å². The second-order valence-corrected chi connectivity index (χ2v) is 7.75. The van der Waals surface area contributed by atoms with Crippen LogP contribution in [0.3, 0.4) is 0 Å². The number of amides is 2. The van der Waals surface area contributed by atoms with E-state index >= 15 is 0 Å². The van der Waals surface area contributed by atoms with Crippen LogP contribution in [0.1, 0.15) is 49.9 Å². The highest BCUT2D eigenvalue weighted by Gasteiger charge is 2.51. The Morgan fingerprint density at radius 3 is 2.05 bits per heavy atom. The summed E-state index contributed by atoms with van der Waals surface area (Å²) in [7, 11) is 0. The number of nitrogens with zero attached hydrogens (tertiary/aromatic N) is 2. The van der Waals surface area contributed by atoms with Gasteiger partial charge >= 0.3 is 6.03 Å². The Hall–Kier alpha value is -1.65. The van der Waals surface area contributed by atoms with Gasteiger partial charge in [-0.2, -0.15) is 0 Å². The Labute approximate surface area is 131 Å². The number of aryl methyl sites for hydroxylation is 2. The van der Waals surface area contributed by atoms with Crippen molar-refractivity contribution in [1.29, 1.82) is 0 Å². The zero-order valence-electron chi connectivity index (χ0n) is 13.4. The second kappa shape index (κ2) is 4.93. The van der Waals surface area contributed by atoms with E-state index in [0.717, 1.165) is 48.4 Å². The lowest BCUT2D eigenvalue weighted by Gasteiger charge is -2.56. The molecule has 0 saturated heterocycles. The lowest BCUT2D eigenvalue weighted by atomic mass is 9.53. The van der Waals surface area contributed by atoms with E-state index < -0.39 is 0 Å². The first-order chi connectivity index (χ1) is 10.5. The third kappa shape index (κ3) is 2.57. The molecule has 2 amide bonds. The molecule has 5 rings (SSSR count). The summed E-state index contributed by atoms with van der Waals surface area (Å²) in [4.78, 5) is 21.0. The van der Waals surface area contributed by atoms with Crippen LogP contribution in [0.15, 0.2) is 6.07 Å². The summed E-state index contributed by atoms with van der Waals surface area (Å²) in [6.45, 7) is 3.83. The Kier molecular flexibility index (Phi) is 3.13. The summed E-state index contributed by atoms with van der Waals surface area (Å²) in [5.41, 5.74) is 1.77. The lowest BCUT2D eigenvalue weighted by molar-refractivity contribution is -0.0127. The molecule has 22 heavy (non-hydrogen) atoms. The van der Waals surface area contributed by atoms with Gasteiger partial charge in [-0.3, -0.25) is 5.32 Å². The van der Waals surface area contributed by atoms with Gasteiger partial charge in [0, 0.05) is 16.9 Å². The first-order valence-electron chi connectivity index (χ1n) is 8.41. The Balaban J connectivity index is 1.46. The number of hydrogen-bond acceptors (Lipinski definition) is 3. The molecular formula is C17H24N4O. The van der Waals surface area contributed by atoms with Crippen LogP contribution in [0.2, 0.25) is 0 Å². The minimum Gasteiger partial charge on any atom is -0.332 e. The molecule has 4 aliphatic rings. The van der Waals surface area contributed by atoms with Gasteiger partial charge in [-0.15, -0.1) is 0 Å². The molecular weight excluding hydrogens is 276 g/mol. The standard InChI is InChI=1S/C17H24N4O/c1-10-3-11(2)19-15(18-10)20-16(22)21-17-7-12-4-13(8-17)6-14(5-12)9-17/h3,12-14H,4-9H2,1-2H3,(H2,18,19,20,21,22). The van der Waals surface area contributed by atoms with Crippen LogP contribution in [0.4, 0.5) is 10.7 Å². The number of rotatable bonds is 2. The predicted octanol–water partition coefficient (Wildman–Crippen LogP) is 3.18. The van der Waals surface area contributed by atoms with Crippen LogP contribution >= 0.6 is 0 Å². The van der Waals surface area contributed by atoms with E-state index in [1.54, 1.807) is 0 Å². The van der Waals surface area contributed by atoms with Gasteiger partial charge in [0.15, 0.2) is 0 Å². The van der Waals surface area contributed by atoms with Crippen molar-refractivity contribution in [1.82, 2.24) is 15.3 Å². The van der Waals surface area contributed by atoms with Crippen molar-refractivity contribution >= 4 is 12.0 Å². The van der Waals surface area contributed by atoms with Gasteiger partial charge in [0.1, 0.15) is 0 Å². The zero-order chi connectivity index (χ0) is 15.3. The Bertz CT molecular complexity index is 557. The molecule has 118 valence electrons. The number of aromatic nitrogens is 2. The molecule has 5 nitrogen and oxygen atoms in total. The first kappa shape index (κ1) is 14.0. The summed E-state index contributed by atoms with van der Waals surface area (Å²) >= 11 is 0. The molecule has 0 aromatic carbocycles. The summed E-state index contributed by atoms with van der Waals surface area (Å²) < 4.78 is 0. The fourth-order valence-electron chi connectivity index (χ4n) is 5.42. The predicted molar refractivity (Wildman–Crippen MR) is 84.6 cm³/mol. The smallest absolute Gasteiger partial charge is 0.322 e. The van der Waals surface area contributed by atoms with Gasteiger partial charge in [0.25, 0.3) is 0 Å². The molecule has 4 bridgehead atoms. The molecule has 4 fully saturated rings. The molecule has 1 heterocycles. The highest BCUT2D eigenvalue weighted by atomic mass is 16.2. The monoisotopic (exact) mass is 300 g/mol. The van der Waals surface area contributed by atoms with Crippen molar-refractivity contribution in [2.24, 2.45) is 17.8 Å². The van der Waals surface area contributed by atoms with Gasteiger partial charge in [-0.1, -0.05) is 0 Å². The van der Waals surface area contributed by atoms with Crippen LogP contribution < -0.4 is 10.6 Å². The SMILES string of the molecule is Cc1cc(C)nc(NC(=O)NC23CC4CC(CC(C4)C2)C3)n1. The van der Waals surface area contributed by atoms with E-state index in [4.69, 9.17) is 0 Å². The summed E-state index contributed by atoms with van der Waals surface area (Å²) in [6.07, 6.45) is 7.59. The van der Waals surface area contributed by atoms with Crippen molar-refractivity contribution in [3.8, 4) is 0 Å².